The van der Waals surface area contributed by atoms with Crippen molar-refractivity contribution < 1.29 is 18.3 Å². The van der Waals surface area contributed by atoms with Crippen LogP contribution in [0.5, 0.6) is 0 Å². The van der Waals surface area contributed by atoms with Crippen LogP contribution in [0.2, 0.25) is 5.02 Å². The highest BCUT2D eigenvalue weighted by Gasteiger charge is 2.33. The Balaban J connectivity index is 1.41. The van der Waals surface area contributed by atoms with Crippen LogP contribution < -0.4 is 10.2 Å². The largest absolute Gasteiger partial charge is 0.417 e. The first-order valence-electron chi connectivity index (χ1n) is 10.4. The van der Waals surface area contributed by atoms with E-state index in [1.54, 1.807) is 5.38 Å². The van der Waals surface area contributed by atoms with Crippen molar-refractivity contribution >= 4 is 34.3 Å². The topological polar surface area (TPSA) is 51.6 Å². The molecule has 1 aromatic heterocycles. The maximum atomic E-state index is 12.9. The number of hydrogen-bond donors (Lipinski definition) is 2. The molecule has 0 spiro atoms. The van der Waals surface area contributed by atoms with Crippen LogP contribution in [0.4, 0.5) is 24.5 Å². The number of likely N-dealkylation sites (N-methyl/N-ethyl adjacent to an activating group) is 1. The lowest BCUT2D eigenvalue weighted by Crippen LogP contribution is -2.31. The molecular weight excluding hydrogens is 473 g/mol. The molecular formula is C23H24ClF3N4OS. The maximum Gasteiger partial charge on any atom is 0.417 e. The number of halogens is 4. The lowest BCUT2D eigenvalue weighted by Gasteiger charge is -2.22. The Morgan fingerprint density at radius 2 is 1.94 bits per heavy atom. The monoisotopic (exact) mass is 496 g/mol. The van der Waals surface area contributed by atoms with Gasteiger partial charge in [-0.1, -0.05) is 17.7 Å². The first-order valence-corrected chi connectivity index (χ1v) is 11.7. The van der Waals surface area contributed by atoms with Gasteiger partial charge >= 0.3 is 6.18 Å². The molecule has 1 saturated heterocycles. The average Bonchev–Trinajstić information content (AvgIpc) is 3.44. The summed E-state index contributed by atoms with van der Waals surface area (Å²) < 4.78 is 38.8. The molecule has 0 saturated carbocycles. The third-order valence-electron chi connectivity index (χ3n) is 5.75. The van der Waals surface area contributed by atoms with Gasteiger partial charge in [0.05, 0.1) is 10.6 Å². The average molecular weight is 497 g/mol. The number of alkyl halides is 3. The molecule has 33 heavy (non-hydrogen) atoms. The van der Waals surface area contributed by atoms with Crippen molar-refractivity contribution in [2.75, 3.05) is 37.4 Å². The quantitative estimate of drug-likeness (QED) is 0.427. The minimum atomic E-state index is -4.51. The van der Waals surface area contributed by atoms with Gasteiger partial charge in [-0.3, -0.25) is 0 Å². The van der Waals surface area contributed by atoms with Crippen LogP contribution in [0.15, 0.2) is 47.8 Å². The molecule has 0 radical (unpaired) electrons. The second-order valence-electron chi connectivity index (χ2n) is 8.22. The number of nitrogens with zero attached hydrogens (tertiary/aromatic N) is 3. The highest BCUT2D eigenvalue weighted by molar-refractivity contribution is 7.13. The first-order chi connectivity index (χ1) is 15.6. The van der Waals surface area contributed by atoms with Crippen LogP contribution in [0.3, 0.4) is 0 Å². The molecule has 10 heteroatoms. The van der Waals surface area contributed by atoms with E-state index in [1.807, 2.05) is 24.3 Å². The SMILES string of the molecule is CN(C)C1CCN(c2ccc(NC(O)c3csc(-c4ccc(C(F)(F)F)c(Cl)c4)n3)cc2)C1. The summed E-state index contributed by atoms with van der Waals surface area (Å²) in [4.78, 5) is 8.95. The van der Waals surface area contributed by atoms with Gasteiger partial charge in [0.2, 0.25) is 0 Å². The van der Waals surface area contributed by atoms with Gasteiger partial charge in [0.15, 0.2) is 6.23 Å². The third kappa shape index (κ3) is 5.43. The second-order valence-corrected chi connectivity index (χ2v) is 9.48. The first kappa shape index (κ1) is 23.8. The molecule has 1 aliphatic rings. The number of hydrogen-bond acceptors (Lipinski definition) is 6. The molecule has 2 unspecified atom stereocenters. The normalized spacial score (nSPS) is 17.6. The van der Waals surface area contributed by atoms with Crippen LogP contribution >= 0.6 is 22.9 Å². The van der Waals surface area contributed by atoms with Crippen LogP contribution in [-0.4, -0.2) is 48.2 Å². The number of benzene rings is 2. The fourth-order valence-corrected chi connectivity index (χ4v) is 4.94. The van der Waals surface area contributed by atoms with Gasteiger partial charge in [0, 0.05) is 41.4 Å². The molecule has 2 aromatic carbocycles. The fourth-order valence-electron chi connectivity index (χ4n) is 3.82. The van der Waals surface area contributed by atoms with Crippen molar-refractivity contribution in [2.24, 2.45) is 0 Å². The lowest BCUT2D eigenvalue weighted by atomic mass is 10.1. The van der Waals surface area contributed by atoms with Gasteiger partial charge in [-0.15, -0.1) is 11.3 Å². The molecule has 2 heterocycles. The molecule has 0 aliphatic carbocycles. The second kappa shape index (κ2) is 9.50. The van der Waals surface area contributed by atoms with Crippen LogP contribution in [0, 0.1) is 0 Å². The molecule has 2 N–H and O–H groups in total. The van der Waals surface area contributed by atoms with E-state index in [2.05, 4.69) is 34.2 Å². The number of aromatic nitrogens is 1. The van der Waals surface area contributed by atoms with Crippen LogP contribution in [0.1, 0.15) is 23.9 Å². The summed E-state index contributed by atoms with van der Waals surface area (Å²) in [5, 5.41) is 15.3. The van der Waals surface area contributed by atoms with Crippen molar-refractivity contribution in [2.45, 2.75) is 24.9 Å². The highest BCUT2D eigenvalue weighted by atomic mass is 35.5. The Kier molecular flexibility index (Phi) is 6.86. The predicted octanol–water partition coefficient (Wildman–Crippen LogP) is 5.73. The number of aliphatic hydroxyl groups is 1. The van der Waals surface area contributed by atoms with E-state index in [4.69, 9.17) is 11.6 Å². The minimum absolute atomic E-state index is 0.378. The Morgan fingerprint density at radius 1 is 1.21 bits per heavy atom. The number of rotatable bonds is 6. The van der Waals surface area contributed by atoms with Gasteiger partial charge < -0.3 is 20.2 Å². The molecule has 1 fully saturated rings. The van der Waals surface area contributed by atoms with Crippen molar-refractivity contribution in [3.8, 4) is 10.6 Å². The van der Waals surface area contributed by atoms with E-state index in [1.165, 1.54) is 23.5 Å². The van der Waals surface area contributed by atoms with Crippen molar-refractivity contribution in [1.29, 1.82) is 0 Å². The van der Waals surface area contributed by atoms with Crippen LogP contribution in [0.25, 0.3) is 10.6 Å². The summed E-state index contributed by atoms with van der Waals surface area (Å²) in [5.41, 5.74) is 1.82. The number of thiazole rings is 1. The maximum absolute atomic E-state index is 12.9. The van der Waals surface area contributed by atoms with Gasteiger partial charge in [-0.2, -0.15) is 13.2 Å². The standard InChI is InChI=1S/C23H24ClF3N4OS/c1-30(2)17-9-10-31(12-17)16-6-4-15(5-7-16)28-21(32)20-13-33-22(29-20)14-3-8-18(19(24)11-14)23(25,26)27/h3-8,11,13,17,21,28,32H,9-10,12H2,1-2H3. The Morgan fingerprint density at radius 3 is 2.55 bits per heavy atom. The zero-order valence-corrected chi connectivity index (χ0v) is 19.7. The smallest absolute Gasteiger partial charge is 0.370 e. The number of anilines is 2. The Labute approximate surface area is 199 Å². The zero-order chi connectivity index (χ0) is 23.8. The molecule has 2 atom stereocenters. The molecule has 3 aromatic rings. The number of aliphatic hydroxyl groups excluding tert-OH is 1. The van der Waals surface area contributed by atoms with E-state index in [0.717, 1.165) is 37.0 Å². The Bertz CT molecular complexity index is 1100. The summed E-state index contributed by atoms with van der Waals surface area (Å²) in [6, 6.07) is 11.9. The molecule has 0 amide bonds. The van der Waals surface area contributed by atoms with E-state index in [-0.39, 0.29) is 5.02 Å². The van der Waals surface area contributed by atoms with Crippen LogP contribution in [-0.2, 0) is 6.18 Å². The highest BCUT2D eigenvalue weighted by Crippen LogP contribution is 2.37. The Hall–Kier alpha value is -2.33. The van der Waals surface area contributed by atoms with E-state index in [0.29, 0.717) is 22.3 Å². The van der Waals surface area contributed by atoms with Gasteiger partial charge in [0.1, 0.15) is 10.7 Å². The van der Waals surface area contributed by atoms with Gasteiger partial charge in [0.25, 0.3) is 0 Å². The molecule has 176 valence electrons. The van der Waals surface area contributed by atoms with E-state index in [9.17, 15) is 18.3 Å². The zero-order valence-electron chi connectivity index (χ0n) is 18.1. The molecule has 0 bridgehead atoms. The third-order valence-corrected chi connectivity index (χ3v) is 6.98. The summed E-state index contributed by atoms with van der Waals surface area (Å²) >= 11 is 7.04. The lowest BCUT2D eigenvalue weighted by molar-refractivity contribution is -0.137. The van der Waals surface area contributed by atoms with Crippen molar-refractivity contribution in [1.82, 2.24) is 9.88 Å². The molecule has 4 rings (SSSR count). The van der Waals surface area contributed by atoms with E-state index < -0.39 is 18.0 Å². The fraction of sp³-hybridized carbons (Fsp3) is 0.348. The van der Waals surface area contributed by atoms with Crippen molar-refractivity contribution in [3.63, 3.8) is 0 Å². The molecule has 1 aliphatic heterocycles. The summed E-state index contributed by atoms with van der Waals surface area (Å²) in [5.74, 6) is 0. The van der Waals surface area contributed by atoms with Gasteiger partial charge in [-0.25, -0.2) is 4.98 Å². The molecule has 5 nitrogen and oxygen atoms in total. The minimum Gasteiger partial charge on any atom is -0.370 e. The number of nitrogens with one attached hydrogen (secondary N) is 1. The summed E-state index contributed by atoms with van der Waals surface area (Å²) in [7, 11) is 4.19. The predicted molar refractivity (Wildman–Crippen MR) is 127 cm³/mol. The van der Waals surface area contributed by atoms with Crippen molar-refractivity contribution in [3.05, 3.63) is 64.1 Å². The summed E-state index contributed by atoms with van der Waals surface area (Å²) in [6.45, 7) is 1.99. The van der Waals surface area contributed by atoms with E-state index >= 15 is 0 Å². The van der Waals surface area contributed by atoms with Gasteiger partial charge in [-0.05, 0) is 56.9 Å². The summed E-state index contributed by atoms with van der Waals surface area (Å²) in [6.07, 6.45) is -4.44.